The van der Waals surface area contributed by atoms with Crippen LogP contribution in [0.4, 0.5) is 5.69 Å². The van der Waals surface area contributed by atoms with Gasteiger partial charge in [-0.25, -0.2) is 0 Å². The summed E-state index contributed by atoms with van der Waals surface area (Å²) in [5.41, 5.74) is 1.30. The molecule has 138 valence electrons. The van der Waals surface area contributed by atoms with Crippen molar-refractivity contribution in [3.05, 3.63) is 90.0 Å². The summed E-state index contributed by atoms with van der Waals surface area (Å²) in [5, 5.41) is 2.82. The van der Waals surface area contributed by atoms with E-state index in [-0.39, 0.29) is 6.54 Å². The number of hydrogen-bond donors (Lipinski definition) is 1. The maximum Gasteiger partial charge on any atom is 0.262 e. The highest BCUT2D eigenvalue weighted by Crippen LogP contribution is 2.33. The monoisotopic (exact) mass is 388 g/mol. The Balaban J connectivity index is 1.48. The number of hydrogen-bond acceptors (Lipinski definition) is 4. The van der Waals surface area contributed by atoms with Crippen molar-refractivity contribution < 1.29 is 14.4 Å². The van der Waals surface area contributed by atoms with Gasteiger partial charge >= 0.3 is 0 Å². The van der Waals surface area contributed by atoms with Crippen LogP contribution < -0.4 is 5.32 Å². The molecular formula is C22H16N2O3S. The van der Waals surface area contributed by atoms with Gasteiger partial charge in [-0.3, -0.25) is 19.3 Å². The molecule has 3 aromatic carbocycles. The molecule has 1 aliphatic rings. The van der Waals surface area contributed by atoms with Gasteiger partial charge < -0.3 is 5.32 Å². The molecule has 0 spiro atoms. The standard InChI is InChI=1S/C22H16N2O3S/c25-20(14-24-21(26)16-10-4-5-11-17(16)22(24)27)23-18-12-6-7-13-19(18)28-15-8-2-1-3-9-15/h1-13H,14H2,(H,23,25). The first kappa shape index (κ1) is 18.0. The third kappa shape index (κ3) is 3.54. The summed E-state index contributed by atoms with van der Waals surface area (Å²) in [5.74, 6) is -1.30. The smallest absolute Gasteiger partial charge is 0.262 e. The Bertz CT molecular complexity index is 1030. The van der Waals surface area contributed by atoms with Crippen LogP contribution in [-0.4, -0.2) is 29.2 Å². The number of benzene rings is 3. The molecule has 0 radical (unpaired) electrons. The molecule has 0 saturated heterocycles. The molecule has 1 heterocycles. The van der Waals surface area contributed by atoms with Gasteiger partial charge in [0.05, 0.1) is 16.8 Å². The van der Waals surface area contributed by atoms with E-state index in [1.165, 1.54) is 11.8 Å². The maximum atomic E-state index is 12.5. The summed E-state index contributed by atoms with van der Waals surface area (Å²) < 4.78 is 0. The van der Waals surface area contributed by atoms with E-state index in [2.05, 4.69) is 5.32 Å². The van der Waals surface area contributed by atoms with Crippen LogP contribution >= 0.6 is 11.8 Å². The van der Waals surface area contributed by atoms with Gasteiger partial charge in [0.15, 0.2) is 0 Å². The van der Waals surface area contributed by atoms with Crippen LogP contribution in [0.1, 0.15) is 20.7 Å². The van der Waals surface area contributed by atoms with Gasteiger partial charge in [0.2, 0.25) is 5.91 Å². The molecule has 3 amide bonds. The quantitative estimate of drug-likeness (QED) is 0.669. The molecule has 4 rings (SSSR count). The largest absolute Gasteiger partial charge is 0.323 e. The van der Waals surface area contributed by atoms with Crippen molar-refractivity contribution in [1.29, 1.82) is 0 Å². The fourth-order valence-electron chi connectivity index (χ4n) is 2.99. The van der Waals surface area contributed by atoms with Crippen LogP contribution in [0.5, 0.6) is 0 Å². The molecule has 1 aliphatic heterocycles. The van der Waals surface area contributed by atoms with Crippen LogP contribution in [0, 0.1) is 0 Å². The van der Waals surface area contributed by atoms with E-state index in [1.807, 2.05) is 48.5 Å². The third-order valence-electron chi connectivity index (χ3n) is 4.31. The second-order valence-electron chi connectivity index (χ2n) is 6.20. The average Bonchev–Trinajstić information content (AvgIpc) is 2.95. The minimum absolute atomic E-state index is 0.323. The van der Waals surface area contributed by atoms with Crippen molar-refractivity contribution in [3.63, 3.8) is 0 Å². The van der Waals surface area contributed by atoms with Crippen molar-refractivity contribution >= 4 is 35.2 Å². The minimum atomic E-state index is -0.442. The molecule has 5 nitrogen and oxygen atoms in total. The van der Waals surface area contributed by atoms with E-state index < -0.39 is 17.7 Å². The molecule has 0 atom stereocenters. The van der Waals surface area contributed by atoms with Crippen LogP contribution in [0.25, 0.3) is 0 Å². The summed E-state index contributed by atoms with van der Waals surface area (Å²) in [6, 6.07) is 23.8. The van der Waals surface area contributed by atoms with Crippen molar-refractivity contribution in [1.82, 2.24) is 4.90 Å². The number of para-hydroxylation sites is 1. The zero-order valence-corrected chi connectivity index (χ0v) is 15.6. The second kappa shape index (κ2) is 7.70. The summed E-state index contributed by atoms with van der Waals surface area (Å²) >= 11 is 1.53. The van der Waals surface area contributed by atoms with E-state index in [9.17, 15) is 14.4 Å². The van der Waals surface area contributed by atoms with E-state index in [1.54, 1.807) is 30.3 Å². The van der Waals surface area contributed by atoms with Gasteiger partial charge in [0, 0.05) is 9.79 Å². The Hall–Kier alpha value is -3.38. The Kier molecular flexibility index (Phi) is 4.95. The number of carbonyl (C=O) groups is 3. The number of nitrogens with zero attached hydrogens (tertiary/aromatic N) is 1. The van der Waals surface area contributed by atoms with Crippen molar-refractivity contribution in [2.75, 3.05) is 11.9 Å². The van der Waals surface area contributed by atoms with Crippen molar-refractivity contribution in [2.45, 2.75) is 9.79 Å². The molecule has 0 aromatic heterocycles. The fourth-order valence-corrected chi connectivity index (χ4v) is 3.91. The molecule has 0 unspecified atom stereocenters. The van der Waals surface area contributed by atoms with Crippen molar-refractivity contribution in [3.8, 4) is 0 Å². The highest BCUT2D eigenvalue weighted by molar-refractivity contribution is 7.99. The van der Waals surface area contributed by atoms with Crippen LogP contribution in [-0.2, 0) is 4.79 Å². The lowest BCUT2D eigenvalue weighted by Gasteiger charge is -2.15. The second-order valence-corrected chi connectivity index (χ2v) is 7.32. The lowest BCUT2D eigenvalue weighted by molar-refractivity contribution is -0.116. The predicted octanol–water partition coefficient (Wildman–Crippen LogP) is 4.07. The number of rotatable bonds is 5. The Morgan fingerprint density at radius 1 is 0.786 bits per heavy atom. The molecule has 1 N–H and O–H groups in total. The number of nitrogens with one attached hydrogen (secondary N) is 1. The zero-order chi connectivity index (χ0) is 19.5. The molecule has 3 aromatic rings. The SMILES string of the molecule is O=C(CN1C(=O)c2ccccc2C1=O)Nc1ccccc1Sc1ccccc1. The summed E-state index contributed by atoms with van der Waals surface area (Å²) in [4.78, 5) is 40.3. The number of carbonyl (C=O) groups excluding carboxylic acids is 3. The Labute approximate surface area is 166 Å². The third-order valence-corrected chi connectivity index (χ3v) is 5.40. The molecule has 0 saturated carbocycles. The van der Waals surface area contributed by atoms with Gasteiger partial charge in [-0.05, 0) is 36.4 Å². The zero-order valence-electron chi connectivity index (χ0n) is 14.8. The summed E-state index contributed by atoms with van der Waals surface area (Å²) in [7, 11) is 0. The molecular weight excluding hydrogens is 372 g/mol. The normalized spacial score (nSPS) is 12.8. The number of imide groups is 1. The van der Waals surface area contributed by atoms with E-state index in [4.69, 9.17) is 0 Å². The summed E-state index contributed by atoms with van der Waals surface area (Å²) in [6.45, 7) is -0.323. The highest BCUT2D eigenvalue weighted by atomic mass is 32.2. The molecule has 0 bridgehead atoms. The van der Waals surface area contributed by atoms with Crippen LogP contribution in [0.2, 0.25) is 0 Å². The molecule has 0 fully saturated rings. The van der Waals surface area contributed by atoms with Crippen molar-refractivity contribution in [2.24, 2.45) is 0 Å². The Morgan fingerprint density at radius 2 is 1.36 bits per heavy atom. The van der Waals surface area contributed by atoms with Crippen LogP contribution in [0.3, 0.4) is 0 Å². The van der Waals surface area contributed by atoms with E-state index >= 15 is 0 Å². The number of amides is 3. The van der Waals surface area contributed by atoms with Gasteiger partial charge in [-0.1, -0.05) is 54.2 Å². The van der Waals surface area contributed by atoms with Gasteiger partial charge in [-0.15, -0.1) is 0 Å². The lowest BCUT2D eigenvalue weighted by Crippen LogP contribution is -2.37. The predicted molar refractivity (Wildman–Crippen MR) is 107 cm³/mol. The topological polar surface area (TPSA) is 66.5 Å². The van der Waals surface area contributed by atoms with Gasteiger partial charge in [-0.2, -0.15) is 0 Å². The molecule has 0 aliphatic carbocycles. The van der Waals surface area contributed by atoms with Gasteiger partial charge in [0.1, 0.15) is 6.54 Å². The van der Waals surface area contributed by atoms with E-state index in [0.29, 0.717) is 16.8 Å². The first-order valence-corrected chi connectivity index (χ1v) is 9.52. The average molecular weight is 388 g/mol. The van der Waals surface area contributed by atoms with E-state index in [0.717, 1.165) is 14.7 Å². The van der Waals surface area contributed by atoms with Gasteiger partial charge in [0.25, 0.3) is 11.8 Å². The highest BCUT2D eigenvalue weighted by Gasteiger charge is 2.36. The first-order chi connectivity index (χ1) is 13.6. The van der Waals surface area contributed by atoms with Crippen LogP contribution in [0.15, 0.2) is 88.7 Å². The molecule has 6 heteroatoms. The maximum absolute atomic E-state index is 12.5. The molecule has 28 heavy (non-hydrogen) atoms. The fraction of sp³-hybridized carbons (Fsp3) is 0.0455. The number of anilines is 1. The summed E-state index contributed by atoms with van der Waals surface area (Å²) in [6.07, 6.45) is 0. The first-order valence-electron chi connectivity index (χ1n) is 8.70. The minimum Gasteiger partial charge on any atom is -0.323 e. The lowest BCUT2D eigenvalue weighted by atomic mass is 10.1. The Morgan fingerprint density at radius 3 is 2.04 bits per heavy atom. The number of fused-ring (bicyclic) bond motifs is 1.